The summed E-state index contributed by atoms with van der Waals surface area (Å²) in [5.41, 5.74) is 2.89. The summed E-state index contributed by atoms with van der Waals surface area (Å²) in [4.78, 5) is 0. The standard InChI is InChI=1S/C23H28O/c1-22(2)18-14-15-23(22,3)21(24)20(18)19(16-10-6-4-7-11-16)17-12-8-5-9-13-17/h4-13,18-21,24H,14-15H2,1-3H3/t18-,20-,21+,23-/m0/s1. The van der Waals surface area contributed by atoms with Crippen molar-refractivity contribution in [1.29, 1.82) is 0 Å². The third-order valence-corrected chi connectivity index (χ3v) is 7.56. The molecule has 0 unspecified atom stereocenters. The van der Waals surface area contributed by atoms with Crippen molar-refractivity contribution in [3.63, 3.8) is 0 Å². The van der Waals surface area contributed by atoms with Crippen molar-refractivity contribution in [2.24, 2.45) is 22.7 Å². The molecule has 2 bridgehead atoms. The van der Waals surface area contributed by atoms with Gasteiger partial charge >= 0.3 is 0 Å². The van der Waals surface area contributed by atoms with Crippen molar-refractivity contribution in [3.8, 4) is 0 Å². The van der Waals surface area contributed by atoms with E-state index in [2.05, 4.69) is 81.4 Å². The second-order valence-corrected chi connectivity index (χ2v) is 8.61. The Hall–Kier alpha value is -1.60. The topological polar surface area (TPSA) is 20.2 Å². The van der Waals surface area contributed by atoms with Gasteiger partial charge in [-0.3, -0.25) is 0 Å². The fourth-order valence-corrected chi connectivity index (χ4v) is 5.78. The lowest BCUT2D eigenvalue weighted by molar-refractivity contribution is -0.0139. The Morgan fingerprint density at radius 1 is 0.875 bits per heavy atom. The largest absolute Gasteiger partial charge is 0.392 e. The molecular weight excluding hydrogens is 292 g/mol. The summed E-state index contributed by atoms with van der Waals surface area (Å²) in [5, 5.41) is 11.4. The van der Waals surface area contributed by atoms with Crippen molar-refractivity contribution in [3.05, 3.63) is 71.8 Å². The van der Waals surface area contributed by atoms with Crippen LogP contribution in [0.15, 0.2) is 60.7 Å². The summed E-state index contributed by atoms with van der Waals surface area (Å²) in [6.45, 7) is 7.06. The third-order valence-electron chi connectivity index (χ3n) is 7.56. The zero-order valence-electron chi connectivity index (χ0n) is 14.9. The maximum atomic E-state index is 11.4. The minimum atomic E-state index is -0.239. The molecule has 2 aliphatic rings. The van der Waals surface area contributed by atoms with Gasteiger partial charge in [-0.15, -0.1) is 0 Å². The van der Waals surface area contributed by atoms with E-state index in [0.29, 0.717) is 11.8 Å². The summed E-state index contributed by atoms with van der Waals surface area (Å²) in [6, 6.07) is 21.6. The Bertz CT molecular complexity index is 666. The van der Waals surface area contributed by atoms with Crippen molar-refractivity contribution in [1.82, 2.24) is 0 Å². The number of aliphatic hydroxyl groups is 1. The molecule has 2 saturated carbocycles. The number of rotatable bonds is 3. The predicted molar refractivity (Wildman–Crippen MR) is 98.8 cm³/mol. The zero-order chi connectivity index (χ0) is 16.9. The first kappa shape index (κ1) is 15.9. The lowest BCUT2D eigenvalue weighted by Crippen LogP contribution is -2.39. The van der Waals surface area contributed by atoms with Gasteiger partial charge in [0.25, 0.3) is 0 Å². The summed E-state index contributed by atoms with van der Waals surface area (Å²) < 4.78 is 0. The Balaban J connectivity index is 1.84. The van der Waals surface area contributed by atoms with Gasteiger partial charge in [0.2, 0.25) is 0 Å². The molecule has 2 fully saturated rings. The average Bonchev–Trinajstić information content (AvgIpc) is 2.91. The second kappa shape index (κ2) is 5.46. The van der Waals surface area contributed by atoms with Crippen LogP contribution in [0.1, 0.15) is 50.7 Å². The highest BCUT2D eigenvalue weighted by Gasteiger charge is 2.67. The molecule has 1 N–H and O–H groups in total. The van der Waals surface area contributed by atoms with Crippen molar-refractivity contribution in [2.45, 2.75) is 45.6 Å². The first-order valence-electron chi connectivity index (χ1n) is 9.25. The van der Waals surface area contributed by atoms with E-state index in [-0.39, 0.29) is 22.9 Å². The highest BCUT2D eigenvalue weighted by molar-refractivity contribution is 5.36. The summed E-state index contributed by atoms with van der Waals surface area (Å²) >= 11 is 0. The van der Waals surface area contributed by atoms with E-state index in [0.717, 1.165) is 6.42 Å². The van der Waals surface area contributed by atoms with E-state index >= 15 is 0 Å². The zero-order valence-corrected chi connectivity index (χ0v) is 14.9. The number of hydrogen-bond acceptors (Lipinski definition) is 1. The normalized spacial score (nSPS) is 34.0. The van der Waals surface area contributed by atoms with E-state index in [4.69, 9.17) is 0 Å². The van der Waals surface area contributed by atoms with Crippen molar-refractivity contribution in [2.75, 3.05) is 0 Å². The minimum Gasteiger partial charge on any atom is -0.392 e. The average molecular weight is 320 g/mol. The highest BCUT2D eigenvalue weighted by Crippen LogP contribution is 2.70. The number of benzene rings is 2. The minimum absolute atomic E-state index is 0.0319. The Morgan fingerprint density at radius 2 is 1.38 bits per heavy atom. The van der Waals surface area contributed by atoms with Crippen LogP contribution in [-0.4, -0.2) is 11.2 Å². The van der Waals surface area contributed by atoms with E-state index in [9.17, 15) is 5.11 Å². The first-order chi connectivity index (χ1) is 11.5. The van der Waals surface area contributed by atoms with Gasteiger partial charge in [-0.05, 0) is 46.6 Å². The Morgan fingerprint density at radius 3 is 1.79 bits per heavy atom. The van der Waals surface area contributed by atoms with Crippen LogP contribution in [-0.2, 0) is 0 Å². The monoisotopic (exact) mass is 320 g/mol. The van der Waals surface area contributed by atoms with Gasteiger partial charge in [-0.2, -0.15) is 0 Å². The van der Waals surface area contributed by atoms with Crippen LogP contribution < -0.4 is 0 Å². The van der Waals surface area contributed by atoms with Gasteiger partial charge in [0.1, 0.15) is 0 Å². The summed E-state index contributed by atoms with van der Waals surface area (Å²) in [5.74, 6) is 1.14. The molecule has 0 radical (unpaired) electrons. The molecule has 0 aromatic heterocycles. The van der Waals surface area contributed by atoms with Gasteiger partial charge in [0.05, 0.1) is 6.10 Å². The predicted octanol–water partition coefficient (Wildman–Crippen LogP) is 5.25. The molecule has 0 amide bonds. The fraction of sp³-hybridized carbons (Fsp3) is 0.478. The van der Waals surface area contributed by atoms with Crippen molar-refractivity contribution >= 4 is 0 Å². The van der Waals surface area contributed by atoms with Crippen LogP contribution >= 0.6 is 0 Å². The van der Waals surface area contributed by atoms with Crippen LogP contribution in [0.3, 0.4) is 0 Å². The summed E-state index contributed by atoms with van der Waals surface area (Å²) in [6.07, 6.45) is 2.15. The molecule has 1 nitrogen and oxygen atoms in total. The van der Waals surface area contributed by atoms with Crippen LogP contribution in [0.25, 0.3) is 0 Å². The maximum Gasteiger partial charge on any atom is 0.0639 e. The smallest absolute Gasteiger partial charge is 0.0639 e. The van der Waals surface area contributed by atoms with Crippen LogP contribution in [0, 0.1) is 22.7 Å². The van der Waals surface area contributed by atoms with Gasteiger partial charge in [0, 0.05) is 5.92 Å². The molecule has 0 aliphatic heterocycles. The molecule has 4 rings (SSSR count). The Kier molecular flexibility index (Phi) is 3.61. The second-order valence-electron chi connectivity index (χ2n) is 8.61. The number of hydrogen-bond donors (Lipinski definition) is 1. The lowest BCUT2D eigenvalue weighted by Gasteiger charge is -2.39. The third kappa shape index (κ3) is 2.04. The van der Waals surface area contributed by atoms with Crippen LogP contribution in [0.2, 0.25) is 0 Å². The molecule has 2 aliphatic carbocycles. The molecular formula is C23H28O. The Labute approximate surface area is 145 Å². The first-order valence-corrected chi connectivity index (χ1v) is 9.25. The van der Waals surface area contributed by atoms with Crippen LogP contribution in [0.5, 0.6) is 0 Å². The van der Waals surface area contributed by atoms with Crippen LogP contribution in [0.4, 0.5) is 0 Å². The van der Waals surface area contributed by atoms with E-state index in [1.165, 1.54) is 17.5 Å². The van der Waals surface area contributed by atoms with E-state index in [1.807, 2.05) is 0 Å². The quantitative estimate of drug-likeness (QED) is 0.818. The molecule has 2 aromatic carbocycles. The van der Waals surface area contributed by atoms with E-state index in [1.54, 1.807) is 0 Å². The lowest BCUT2D eigenvalue weighted by atomic mass is 9.69. The highest BCUT2D eigenvalue weighted by atomic mass is 16.3. The summed E-state index contributed by atoms with van der Waals surface area (Å²) in [7, 11) is 0. The maximum absolute atomic E-state index is 11.4. The number of fused-ring (bicyclic) bond motifs is 2. The van der Waals surface area contributed by atoms with Gasteiger partial charge < -0.3 is 5.11 Å². The molecule has 1 heteroatoms. The molecule has 0 heterocycles. The molecule has 0 spiro atoms. The van der Waals surface area contributed by atoms with Crippen molar-refractivity contribution < 1.29 is 5.11 Å². The van der Waals surface area contributed by atoms with E-state index < -0.39 is 0 Å². The van der Waals surface area contributed by atoms with Gasteiger partial charge in [0.15, 0.2) is 0 Å². The number of aliphatic hydroxyl groups excluding tert-OH is 1. The molecule has 0 saturated heterocycles. The van der Waals surface area contributed by atoms with Gasteiger partial charge in [-0.1, -0.05) is 81.4 Å². The molecule has 4 atom stereocenters. The molecule has 24 heavy (non-hydrogen) atoms. The molecule has 126 valence electrons. The van der Waals surface area contributed by atoms with Gasteiger partial charge in [-0.25, -0.2) is 0 Å². The fourth-order valence-electron chi connectivity index (χ4n) is 5.78. The SMILES string of the molecule is CC1(C)[C@H]2CC[C@@]1(C)[C@H](O)[C@@H]2C(c1ccccc1)c1ccccc1. The molecule has 2 aromatic rings.